The molecule has 51 heavy (non-hydrogen) atoms. The van der Waals surface area contributed by atoms with Crippen LogP contribution in [0.4, 0.5) is 0 Å². The van der Waals surface area contributed by atoms with Gasteiger partial charge in [0.1, 0.15) is 17.3 Å². The Labute approximate surface area is 302 Å². The molecular formula is C46H50N4O. The van der Waals surface area contributed by atoms with Crippen LogP contribution >= 0.6 is 0 Å². The fourth-order valence-corrected chi connectivity index (χ4v) is 8.14. The molecule has 3 aromatic heterocycles. The summed E-state index contributed by atoms with van der Waals surface area (Å²) in [6.07, 6.45) is 15.1. The van der Waals surface area contributed by atoms with Crippen molar-refractivity contribution in [2.75, 3.05) is 0 Å². The summed E-state index contributed by atoms with van der Waals surface area (Å²) in [5.41, 5.74) is 14.8. The van der Waals surface area contributed by atoms with Crippen molar-refractivity contribution in [1.29, 1.82) is 0 Å². The van der Waals surface area contributed by atoms with E-state index >= 15 is 0 Å². The van der Waals surface area contributed by atoms with Crippen LogP contribution in [0.15, 0.2) is 97.5 Å². The molecular weight excluding hydrogens is 625 g/mol. The number of pyridine rings is 1. The number of benzene rings is 4. The summed E-state index contributed by atoms with van der Waals surface area (Å²) in [4.78, 5) is 4.74. The van der Waals surface area contributed by atoms with Crippen LogP contribution < -0.4 is 4.74 Å². The average molecular weight is 675 g/mol. The molecule has 7 aromatic rings. The van der Waals surface area contributed by atoms with E-state index in [1.54, 1.807) is 16.7 Å². The second kappa shape index (κ2) is 15.0. The van der Waals surface area contributed by atoms with Gasteiger partial charge in [0.2, 0.25) is 0 Å². The lowest BCUT2D eigenvalue weighted by Gasteiger charge is -2.26. The zero-order valence-corrected chi connectivity index (χ0v) is 31.1. The molecule has 0 aliphatic rings. The van der Waals surface area contributed by atoms with E-state index in [0.717, 1.165) is 79.0 Å². The summed E-state index contributed by atoms with van der Waals surface area (Å²) in [5, 5.41) is 7.30. The molecule has 0 N–H and O–H groups in total. The third-order valence-corrected chi connectivity index (χ3v) is 10.2. The van der Waals surface area contributed by atoms with Crippen LogP contribution in [0.3, 0.4) is 0 Å². The maximum Gasteiger partial charge on any atom is 0.137 e. The second-order valence-electron chi connectivity index (χ2n) is 13.7. The molecule has 0 bridgehead atoms. The van der Waals surface area contributed by atoms with Gasteiger partial charge in [-0.1, -0.05) is 78.1 Å². The molecule has 0 amide bonds. The molecule has 0 aliphatic heterocycles. The molecule has 0 aliphatic carbocycles. The van der Waals surface area contributed by atoms with Gasteiger partial charge in [0, 0.05) is 40.9 Å². The van der Waals surface area contributed by atoms with Gasteiger partial charge in [-0.25, -0.2) is 9.67 Å². The Balaban J connectivity index is 1.26. The number of fused-ring (bicyclic) bond motifs is 3. The molecule has 0 fully saturated rings. The zero-order valence-electron chi connectivity index (χ0n) is 31.1. The summed E-state index contributed by atoms with van der Waals surface area (Å²) < 4.78 is 10.8. The van der Waals surface area contributed by atoms with Gasteiger partial charge in [-0.2, -0.15) is 5.10 Å². The smallest absolute Gasteiger partial charge is 0.137 e. The van der Waals surface area contributed by atoms with Gasteiger partial charge in [0.25, 0.3) is 0 Å². The summed E-state index contributed by atoms with van der Waals surface area (Å²) in [7, 11) is 0. The lowest BCUT2D eigenvalue weighted by Crippen LogP contribution is -2.11. The minimum absolute atomic E-state index is 0.767. The summed E-state index contributed by atoms with van der Waals surface area (Å²) in [6.45, 7) is 13.7. The van der Waals surface area contributed by atoms with Crippen LogP contribution in [0.25, 0.3) is 44.4 Å². The molecule has 4 aromatic carbocycles. The fourth-order valence-electron chi connectivity index (χ4n) is 8.14. The van der Waals surface area contributed by atoms with Crippen LogP contribution in [0.2, 0.25) is 0 Å². The predicted octanol–water partition coefficient (Wildman–Crippen LogP) is 12.1. The van der Waals surface area contributed by atoms with Crippen molar-refractivity contribution >= 4 is 21.8 Å². The van der Waals surface area contributed by atoms with E-state index in [9.17, 15) is 0 Å². The van der Waals surface area contributed by atoms with Gasteiger partial charge >= 0.3 is 0 Å². The van der Waals surface area contributed by atoms with Crippen molar-refractivity contribution in [2.24, 2.45) is 0 Å². The molecule has 0 saturated carbocycles. The van der Waals surface area contributed by atoms with Crippen molar-refractivity contribution in [2.45, 2.75) is 92.9 Å². The molecule has 260 valence electrons. The first-order valence-electron chi connectivity index (χ1n) is 19.0. The normalized spacial score (nSPS) is 11.6. The van der Waals surface area contributed by atoms with Crippen LogP contribution in [0.1, 0.15) is 87.3 Å². The number of aryl methyl sites for hydroxylation is 1. The van der Waals surface area contributed by atoms with Gasteiger partial charge in [0.15, 0.2) is 0 Å². The highest BCUT2D eigenvalue weighted by Crippen LogP contribution is 2.39. The molecule has 0 unspecified atom stereocenters. The minimum atomic E-state index is 0.767. The van der Waals surface area contributed by atoms with E-state index in [1.165, 1.54) is 45.0 Å². The minimum Gasteiger partial charge on any atom is -0.457 e. The Kier molecular flexibility index (Phi) is 10.1. The molecule has 7 rings (SSSR count). The Morgan fingerprint density at radius 1 is 0.627 bits per heavy atom. The van der Waals surface area contributed by atoms with Crippen molar-refractivity contribution in [1.82, 2.24) is 19.3 Å². The molecule has 0 saturated heterocycles. The Morgan fingerprint density at radius 3 is 1.98 bits per heavy atom. The Morgan fingerprint density at radius 2 is 1.29 bits per heavy atom. The average Bonchev–Trinajstić information content (AvgIpc) is 3.76. The lowest BCUT2D eigenvalue weighted by atomic mass is 9.79. The number of ether oxygens (including phenoxy) is 1. The number of nitrogens with zero attached hydrogens (tertiary/aromatic N) is 4. The first-order chi connectivity index (χ1) is 25.0. The van der Waals surface area contributed by atoms with Crippen LogP contribution in [0, 0.1) is 6.92 Å². The maximum atomic E-state index is 6.57. The summed E-state index contributed by atoms with van der Waals surface area (Å²) >= 11 is 0. The highest BCUT2D eigenvalue weighted by Gasteiger charge is 2.23. The monoisotopic (exact) mass is 674 g/mol. The third-order valence-electron chi connectivity index (χ3n) is 10.2. The number of para-hydroxylation sites is 1. The van der Waals surface area contributed by atoms with Gasteiger partial charge in [0.05, 0.1) is 22.9 Å². The van der Waals surface area contributed by atoms with E-state index in [2.05, 4.69) is 119 Å². The predicted molar refractivity (Wildman–Crippen MR) is 213 cm³/mol. The maximum absolute atomic E-state index is 6.57. The first kappa shape index (κ1) is 34.3. The van der Waals surface area contributed by atoms with Crippen molar-refractivity contribution in [3.63, 3.8) is 0 Å². The van der Waals surface area contributed by atoms with Gasteiger partial charge in [-0.3, -0.25) is 4.57 Å². The van der Waals surface area contributed by atoms with E-state index in [1.807, 2.05) is 29.1 Å². The van der Waals surface area contributed by atoms with E-state index in [0.29, 0.717) is 0 Å². The molecule has 0 atom stereocenters. The second-order valence-corrected chi connectivity index (χ2v) is 13.7. The van der Waals surface area contributed by atoms with Crippen molar-refractivity contribution in [3.05, 3.63) is 131 Å². The molecule has 5 heteroatoms. The number of aromatic nitrogens is 4. The summed E-state index contributed by atoms with van der Waals surface area (Å²) in [5.74, 6) is 2.44. The number of hydrogen-bond acceptors (Lipinski definition) is 3. The van der Waals surface area contributed by atoms with Gasteiger partial charge in [-0.15, -0.1) is 0 Å². The molecule has 5 nitrogen and oxygen atoms in total. The van der Waals surface area contributed by atoms with Crippen molar-refractivity contribution < 1.29 is 4.74 Å². The van der Waals surface area contributed by atoms with E-state index in [-0.39, 0.29) is 0 Å². The number of rotatable bonds is 13. The first-order valence-corrected chi connectivity index (χ1v) is 19.0. The standard InChI is InChI=1S/C46H50N4O/c1-7-15-38-36(10-4)46(37(11-5)39(16-8-2)40(38)17-9-3)32-29-48-49(30-32)33-18-14-19-34(27-33)51-35-22-23-42-41-20-12-13-21-43(41)50(44(42)28-35)45-26-31(6)24-25-47-45/h12-14,18-30H,7-11,15-17H2,1-6H3. The molecule has 0 radical (unpaired) electrons. The quantitative estimate of drug-likeness (QED) is 0.122. The highest BCUT2D eigenvalue weighted by atomic mass is 16.5. The summed E-state index contributed by atoms with van der Waals surface area (Å²) in [6, 6.07) is 27.2. The van der Waals surface area contributed by atoms with Crippen LogP contribution in [0.5, 0.6) is 11.5 Å². The van der Waals surface area contributed by atoms with E-state index in [4.69, 9.17) is 14.8 Å². The number of hydrogen-bond donors (Lipinski definition) is 0. The van der Waals surface area contributed by atoms with Gasteiger partial charge < -0.3 is 4.74 Å². The third kappa shape index (κ3) is 6.46. The Bertz CT molecular complexity index is 2290. The molecule has 3 heterocycles. The Hall–Kier alpha value is -5.16. The molecule has 0 spiro atoms. The zero-order chi connectivity index (χ0) is 35.5. The lowest BCUT2D eigenvalue weighted by molar-refractivity contribution is 0.483. The SMILES string of the molecule is CCCc1c(CCC)c(CC)c(-c2cnn(-c3cccc(Oc4ccc5c6ccccc6n(-c6cc(C)ccn6)c5c4)c3)c2)c(CC)c1CCC. The van der Waals surface area contributed by atoms with E-state index < -0.39 is 0 Å². The topological polar surface area (TPSA) is 44.9 Å². The van der Waals surface area contributed by atoms with Crippen LogP contribution in [-0.4, -0.2) is 19.3 Å². The largest absolute Gasteiger partial charge is 0.457 e. The highest BCUT2D eigenvalue weighted by molar-refractivity contribution is 6.09. The van der Waals surface area contributed by atoms with Crippen molar-refractivity contribution in [3.8, 4) is 34.1 Å². The van der Waals surface area contributed by atoms with Gasteiger partial charge in [-0.05, 0) is 120 Å². The van der Waals surface area contributed by atoms with Crippen LogP contribution in [-0.2, 0) is 32.1 Å². The fraction of sp³-hybridized carbons (Fsp3) is 0.304.